The van der Waals surface area contributed by atoms with Crippen molar-refractivity contribution in [2.24, 2.45) is 0 Å². The van der Waals surface area contributed by atoms with Gasteiger partial charge in [-0.25, -0.2) is 13.1 Å². The minimum atomic E-state index is -3.35. The Labute approximate surface area is 99.5 Å². The first-order chi connectivity index (χ1) is 7.92. The van der Waals surface area contributed by atoms with E-state index in [2.05, 4.69) is 20.2 Å². The van der Waals surface area contributed by atoms with Gasteiger partial charge >= 0.3 is 0 Å². The fourth-order valence-electron chi connectivity index (χ4n) is 1.12. The number of aryl methyl sites for hydroxylation is 1. The molecule has 1 aromatic heterocycles. The van der Waals surface area contributed by atoms with Crippen molar-refractivity contribution in [2.45, 2.75) is 20.0 Å². The van der Waals surface area contributed by atoms with Crippen LogP contribution in [0.5, 0.6) is 0 Å². The van der Waals surface area contributed by atoms with E-state index in [4.69, 9.17) is 0 Å². The van der Waals surface area contributed by atoms with E-state index in [9.17, 15) is 13.2 Å². The van der Waals surface area contributed by atoms with Crippen molar-refractivity contribution in [3.05, 3.63) is 12.2 Å². The topological polar surface area (TPSA) is 106 Å². The molecule has 0 aliphatic carbocycles. The first-order valence-corrected chi connectivity index (χ1v) is 6.89. The first-order valence-electron chi connectivity index (χ1n) is 5.00. The minimum absolute atomic E-state index is 0.220. The van der Waals surface area contributed by atoms with Crippen LogP contribution in [0.4, 0.5) is 0 Å². The van der Waals surface area contributed by atoms with Crippen LogP contribution < -0.4 is 10.0 Å². The predicted molar refractivity (Wildman–Crippen MR) is 60.4 cm³/mol. The Bertz CT molecular complexity index is 481. The summed E-state index contributed by atoms with van der Waals surface area (Å²) in [6, 6.07) is 0. The number of aromatic nitrogens is 3. The van der Waals surface area contributed by atoms with Gasteiger partial charge in [-0.2, -0.15) is 0 Å². The molecular weight excluding hydrogens is 246 g/mol. The van der Waals surface area contributed by atoms with Crippen molar-refractivity contribution in [3.63, 3.8) is 0 Å². The molecule has 0 aliphatic heterocycles. The maximum Gasteiger partial charge on any atom is 0.235 e. The van der Waals surface area contributed by atoms with Gasteiger partial charge in [0.05, 0.1) is 19.3 Å². The van der Waals surface area contributed by atoms with Gasteiger partial charge in [0.2, 0.25) is 15.9 Å². The number of sulfonamides is 1. The molecule has 0 fully saturated rings. The van der Waals surface area contributed by atoms with Gasteiger partial charge < -0.3 is 9.88 Å². The molecule has 2 N–H and O–H groups in total. The van der Waals surface area contributed by atoms with E-state index in [1.165, 1.54) is 0 Å². The molecule has 1 rings (SSSR count). The molecular formula is C8H15N5O3S. The summed E-state index contributed by atoms with van der Waals surface area (Å²) in [6.45, 7) is 2.58. The largest absolute Gasteiger partial charge is 0.348 e. The highest BCUT2D eigenvalue weighted by atomic mass is 32.2. The standard InChI is InChI=1S/C8H15N5O3S/c1-3-13-6-10-12-7(13)4-9-8(14)5-11-17(2,15)16/h6,11H,3-5H2,1-2H3,(H,9,14). The van der Waals surface area contributed by atoms with Crippen molar-refractivity contribution in [2.75, 3.05) is 12.8 Å². The maximum atomic E-state index is 11.3. The summed E-state index contributed by atoms with van der Waals surface area (Å²) in [6.07, 6.45) is 2.56. The Morgan fingerprint density at radius 2 is 2.24 bits per heavy atom. The van der Waals surface area contributed by atoms with Gasteiger partial charge in [0.1, 0.15) is 6.33 Å². The second kappa shape index (κ2) is 5.73. The highest BCUT2D eigenvalue weighted by Gasteiger charge is 2.08. The average molecular weight is 261 g/mol. The molecule has 8 nitrogen and oxygen atoms in total. The molecule has 0 atom stereocenters. The van der Waals surface area contributed by atoms with Crippen molar-refractivity contribution < 1.29 is 13.2 Å². The van der Waals surface area contributed by atoms with Crippen molar-refractivity contribution in [1.82, 2.24) is 24.8 Å². The highest BCUT2D eigenvalue weighted by Crippen LogP contribution is 1.93. The van der Waals surface area contributed by atoms with Crippen LogP contribution in [-0.4, -0.2) is 41.9 Å². The molecule has 0 unspecified atom stereocenters. The summed E-state index contributed by atoms with van der Waals surface area (Å²) in [5, 5.41) is 10.1. The number of nitrogens with zero attached hydrogens (tertiary/aromatic N) is 3. The van der Waals surface area contributed by atoms with Crippen LogP contribution in [0.3, 0.4) is 0 Å². The molecule has 0 bridgehead atoms. The molecule has 1 amide bonds. The van der Waals surface area contributed by atoms with Gasteiger partial charge in [-0.05, 0) is 6.92 Å². The van der Waals surface area contributed by atoms with Crippen LogP contribution >= 0.6 is 0 Å². The average Bonchev–Trinajstić information content (AvgIpc) is 2.69. The van der Waals surface area contributed by atoms with Crippen LogP contribution in [0.15, 0.2) is 6.33 Å². The van der Waals surface area contributed by atoms with Crippen LogP contribution in [0, 0.1) is 0 Å². The molecule has 1 heterocycles. The second-order valence-electron chi connectivity index (χ2n) is 3.40. The Balaban J connectivity index is 2.38. The third kappa shape index (κ3) is 4.91. The van der Waals surface area contributed by atoms with E-state index >= 15 is 0 Å². The summed E-state index contributed by atoms with van der Waals surface area (Å²) in [5.74, 6) is 0.210. The van der Waals surface area contributed by atoms with Crippen molar-refractivity contribution in [3.8, 4) is 0 Å². The van der Waals surface area contributed by atoms with Crippen LogP contribution in [0.2, 0.25) is 0 Å². The summed E-state index contributed by atoms with van der Waals surface area (Å²) in [7, 11) is -3.35. The Morgan fingerprint density at radius 1 is 1.53 bits per heavy atom. The molecule has 0 saturated heterocycles. The van der Waals surface area contributed by atoms with E-state index in [0.29, 0.717) is 12.4 Å². The quantitative estimate of drug-likeness (QED) is 0.645. The Morgan fingerprint density at radius 3 is 2.82 bits per heavy atom. The van der Waals surface area contributed by atoms with E-state index in [-0.39, 0.29) is 13.1 Å². The monoisotopic (exact) mass is 261 g/mol. The minimum Gasteiger partial charge on any atom is -0.348 e. The van der Waals surface area contributed by atoms with Gasteiger partial charge in [-0.1, -0.05) is 0 Å². The predicted octanol–water partition coefficient (Wildman–Crippen LogP) is -1.54. The molecule has 0 spiro atoms. The molecule has 9 heteroatoms. The SMILES string of the molecule is CCn1cnnc1CNC(=O)CNS(C)(=O)=O. The zero-order valence-corrected chi connectivity index (χ0v) is 10.5. The lowest BCUT2D eigenvalue weighted by Gasteiger charge is -2.06. The number of carbonyl (C=O) groups is 1. The van der Waals surface area contributed by atoms with Crippen LogP contribution in [0.25, 0.3) is 0 Å². The molecule has 0 saturated carbocycles. The fraction of sp³-hybridized carbons (Fsp3) is 0.625. The van der Waals surface area contributed by atoms with E-state index in [1.54, 1.807) is 10.9 Å². The number of nitrogens with one attached hydrogen (secondary N) is 2. The zero-order valence-electron chi connectivity index (χ0n) is 9.67. The smallest absolute Gasteiger partial charge is 0.235 e. The van der Waals surface area contributed by atoms with Crippen molar-refractivity contribution >= 4 is 15.9 Å². The van der Waals surface area contributed by atoms with Gasteiger partial charge in [0.25, 0.3) is 0 Å². The summed E-state index contributed by atoms with van der Waals surface area (Å²) < 4.78 is 25.4. The van der Waals surface area contributed by atoms with E-state index < -0.39 is 15.9 Å². The number of rotatable bonds is 6. The second-order valence-corrected chi connectivity index (χ2v) is 5.24. The lowest BCUT2D eigenvalue weighted by atomic mass is 10.5. The Hall–Kier alpha value is -1.48. The van der Waals surface area contributed by atoms with Crippen LogP contribution in [0.1, 0.15) is 12.7 Å². The van der Waals surface area contributed by atoms with E-state index in [1.807, 2.05) is 6.92 Å². The highest BCUT2D eigenvalue weighted by molar-refractivity contribution is 7.88. The Kier molecular flexibility index (Phi) is 4.58. The maximum absolute atomic E-state index is 11.3. The summed E-state index contributed by atoms with van der Waals surface area (Å²) in [4.78, 5) is 11.3. The first kappa shape index (κ1) is 13.6. The van der Waals surface area contributed by atoms with Gasteiger partial charge in [0.15, 0.2) is 5.82 Å². The van der Waals surface area contributed by atoms with Gasteiger partial charge in [-0.3, -0.25) is 4.79 Å². The summed E-state index contributed by atoms with van der Waals surface area (Å²) >= 11 is 0. The van der Waals surface area contributed by atoms with Crippen LogP contribution in [-0.2, 0) is 27.9 Å². The lowest BCUT2D eigenvalue weighted by Crippen LogP contribution is -2.36. The molecule has 1 aromatic rings. The third-order valence-corrected chi connectivity index (χ3v) is 2.64. The summed E-state index contributed by atoms with van der Waals surface area (Å²) in [5.41, 5.74) is 0. The molecule has 96 valence electrons. The molecule has 17 heavy (non-hydrogen) atoms. The zero-order chi connectivity index (χ0) is 12.9. The number of amides is 1. The lowest BCUT2D eigenvalue weighted by molar-refractivity contribution is -0.120. The van der Waals surface area contributed by atoms with Gasteiger partial charge in [0, 0.05) is 6.54 Å². The molecule has 0 aromatic carbocycles. The molecule has 0 radical (unpaired) electrons. The number of hydrogen-bond acceptors (Lipinski definition) is 5. The van der Waals surface area contributed by atoms with Crippen molar-refractivity contribution in [1.29, 1.82) is 0 Å². The normalized spacial score (nSPS) is 11.4. The fourth-order valence-corrected chi connectivity index (χ4v) is 1.51. The number of carbonyl (C=O) groups excluding carboxylic acids is 1. The third-order valence-electron chi connectivity index (χ3n) is 1.98. The van der Waals surface area contributed by atoms with Gasteiger partial charge in [-0.15, -0.1) is 10.2 Å². The number of hydrogen-bond donors (Lipinski definition) is 2. The molecule has 0 aliphatic rings. The van der Waals surface area contributed by atoms with E-state index in [0.717, 1.165) is 6.26 Å².